The average molecular weight is 418 g/mol. The first kappa shape index (κ1) is 21.0. The molecule has 6 heteroatoms. The highest BCUT2D eigenvalue weighted by molar-refractivity contribution is 5.91. The fourth-order valence-corrected chi connectivity index (χ4v) is 3.99. The summed E-state index contributed by atoms with van der Waals surface area (Å²) in [5.74, 6) is 1.85. The van der Waals surface area contributed by atoms with E-state index in [1.807, 2.05) is 36.4 Å². The van der Waals surface area contributed by atoms with Gasteiger partial charge in [-0.2, -0.15) is 5.26 Å². The predicted molar refractivity (Wildman–Crippen MR) is 119 cm³/mol. The summed E-state index contributed by atoms with van der Waals surface area (Å²) in [6, 6.07) is 19.8. The van der Waals surface area contributed by atoms with Crippen LogP contribution in [0.4, 0.5) is 0 Å². The molecule has 0 aliphatic carbocycles. The Bertz CT molecular complexity index is 1090. The standard InChI is InChI=1S/C25H27N3O3/c1-18(2)23(16-26)27-11-13-28(14-12-27)25(29)24-10-9-22(31-24)17-30-21-8-7-19-5-3-4-6-20(19)15-21/h3-10,15,18,23H,11-14,17H2,1-2H3. The van der Waals surface area contributed by atoms with Gasteiger partial charge in [0.05, 0.1) is 6.07 Å². The van der Waals surface area contributed by atoms with Crippen molar-refractivity contribution in [3.05, 3.63) is 66.1 Å². The van der Waals surface area contributed by atoms with Gasteiger partial charge in [-0.3, -0.25) is 9.69 Å². The molecule has 6 nitrogen and oxygen atoms in total. The van der Waals surface area contributed by atoms with Crippen molar-refractivity contribution < 1.29 is 13.9 Å². The number of piperazine rings is 1. The Hall–Kier alpha value is -3.30. The summed E-state index contributed by atoms with van der Waals surface area (Å²) in [7, 11) is 0. The third-order valence-corrected chi connectivity index (χ3v) is 5.73. The first-order valence-electron chi connectivity index (χ1n) is 10.7. The van der Waals surface area contributed by atoms with Crippen LogP contribution >= 0.6 is 0 Å². The molecule has 1 saturated heterocycles. The van der Waals surface area contributed by atoms with Gasteiger partial charge < -0.3 is 14.1 Å². The average Bonchev–Trinajstić information content (AvgIpc) is 3.27. The molecule has 2 heterocycles. The highest BCUT2D eigenvalue weighted by Gasteiger charge is 2.29. The maximum Gasteiger partial charge on any atom is 0.289 e. The van der Waals surface area contributed by atoms with Crippen LogP contribution < -0.4 is 4.74 Å². The summed E-state index contributed by atoms with van der Waals surface area (Å²) in [6.45, 7) is 6.94. The lowest BCUT2D eigenvalue weighted by atomic mass is 10.0. The summed E-state index contributed by atoms with van der Waals surface area (Å²) in [6.07, 6.45) is 0. The van der Waals surface area contributed by atoms with Crippen LogP contribution in [-0.4, -0.2) is 47.9 Å². The van der Waals surface area contributed by atoms with Crippen LogP contribution in [0, 0.1) is 17.2 Å². The molecule has 160 valence electrons. The van der Waals surface area contributed by atoms with E-state index in [9.17, 15) is 10.1 Å². The van der Waals surface area contributed by atoms with Crippen molar-refractivity contribution in [2.75, 3.05) is 26.2 Å². The number of rotatable bonds is 6. The largest absolute Gasteiger partial charge is 0.486 e. The van der Waals surface area contributed by atoms with Gasteiger partial charge in [0.25, 0.3) is 5.91 Å². The number of carbonyl (C=O) groups is 1. The zero-order chi connectivity index (χ0) is 21.8. The maximum absolute atomic E-state index is 12.8. The minimum Gasteiger partial charge on any atom is -0.486 e. The monoisotopic (exact) mass is 417 g/mol. The number of ether oxygens (including phenoxy) is 1. The molecule has 1 aromatic heterocycles. The smallest absolute Gasteiger partial charge is 0.289 e. The van der Waals surface area contributed by atoms with Crippen LogP contribution in [0.1, 0.15) is 30.2 Å². The molecule has 1 atom stereocenters. The second-order valence-electron chi connectivity index (χ2n) is 8.21. The second-order valence-corrected chi connectivity index (χ2v) is 8.21. The maximum atomic E-state index is 12.8. The third kappa shape index (κ3) is 4.73. The SMILES string of the molecule is CC(C)C(C#N)N1CCN(C(=O)c2ccc(COc3ccc4ccccc4c3)o2)CC1. The zero-order valence-corrected chi connectivity index (χ0v) is 18.0. The quantitative estimate of drug-likeness (QED) is 0.597. The lowest BCUT2D eigenvalue weighted by Crippen LogP contribution is -2.52. The lowest BCUT2D eigenvalue weighted by molar-refractivity contribution is 0.0545. The Morgan fingerprint density at radius 3 is 2.52 bits per heavy atom. The minimum atomic E-state index is -0.116. The minimum absolute atomic E-state index is 0.111. The first-order chi connectivity index (χ1) is 15.0. The molecule has 2 aromatic carbocycles. The number of furan rings is 1. The van der Waals surface area contributed by atoms with Crippen LogP contribution in [0.2, 0.25) is 0 Å². The van der Waals surface area contributed by atoms with Crippen LogP contribution in [0.15, 0.2) is 59.0 Å². The zero-order valence-electron chi connectivity index (χ0n) is 18.0. The Morgan fingerprint density at radius 2 is 1.81 bits per heavy atom. The van der Waals surface area contributed by atoms with E-state index in [4.69, 9.17) is 9.15 Å². The Kier molecular flexibility index (Phi) is 6.24. The predicted octanol–water partition coefficient (Wildman–Crippen LogP) is 4.32. The Labute approximate surface area is 182 Å². The van der Waals surface area contributed by atoms with E-state index in [0.29, 0.717) is 37.7 Å². The molecule has 0 N–H and O–H groups in total. The van der Waals surface area contributed by atoms with Crippen molar-refractivity contribution in [3.8, 4) is 11.8 Å². The van der Waals surface area contributed by atoms with E-state index in [1.54, 1.807) is 17.0 Å². The van der Waals surface area contributed by atoms with E-state index < -0.39 is 0 Å². The normalized spacial score (nSPS) is 15.7. The van der Waals surface area contributed by atoms with Crippen molar-refractivity contribution in [3.63, 3.8) is 0 Å². The fourth-order valence-electron chi connectivity index (χ4n) is 3.99. The molecule has 1 aliphatic rings. The summed E-state index contributed by atoms with van der Waals surface area (Å²) < 4.78 is 11.6. The fraction of sp³-hybridized carbons (Fsp3) is 0.360. The van der Waals surface area contributed by atoms with Crippen molar-refractivity contribution in [2.45, 2.75) is 26.5 Å². The van der Waals surface area contributed by atoms with Gasteiger partial charge in [-0.1, -0.05) is 44.2 Å². The Morgan fingerprint density at radius 1 is 1.06 bits per heavy atom. The first-order valence-corrected chi connectivity index (χ1v) is 10.7. The molecule has 1 unspecified atom stereocenters. The van der Waals surface area contributed by atoms with E-state index in [-0.39, 0.29) is 24.5 Å². The molecule has 3 aromatic rings. The van der Waals surface area contributed by atoms with Gasteiger partial charge in [0.15, 0.2) is 5.76 Å². The van der Waals surface area contributed by atoms with Gasteiger partial charge in [0.2, 0.25) is 0 Å². The number of hydrogen-bond donors (Lipinski definition) is 0. The number of carbonyl (C=O) groups excluding carboxylic acids is 1. The molecule has 4 rings (SSSR count). The number of nitriles is 1. The van der Waals surface area contributed by atoms with E-state index >= 15 is 0 Å². The van der Waals surface area contributed by atoms with E-state index in [2.05, 4.69) is 30.9 Å². The topological polar surface area (TPSA) is 69.7 Å². The molecule has 0 bridgehead atoms. The van der Waals surface area contributed by atoms with Crippen LogP contribution in [0.25, 0.3) is 10.8 Å². The van der Waals surface area contributed by atoms with Crippen molar-refractivity contribution in [1.82, 2.24) is 9.80 Å². The third-order valence-electron chi connectivity index (χ3n) is 5.73. The highest BCUT2D eigenvalue weighted by Crippen LogP contribution is 2.22. The molecule has 31 heavy (non-hydrogen) atoms. The molecular formula is C25H27N3O3. The molecule has 1 amide bonds. The number of fused-ring (bicyclic) bond motifs is 1. The lowest BCUT2D eigenvalue weighted by Gasteiger charge is -2.37. The number of benzene rings is 2. The van der Waals surface area contributed by atoms with Gasteiger partial charge in [0.1, 0.15) is 24.2 Å². The van der Waals surface area contributed by atoms with Crippen molar-refractivity contribution in [2.24, 2.45) is 5.92 Å². The summed E-state index contributed by atoms with van der Waals surface area (Å²) in [5.41, 5.74) is 0. The second kappa shape index (κ2) is 9.23. The molecule has 1 fully saturated rings. The Balaban J connectivity index is 1.33. The molecule has 1 aliphatic heterocycles. The van der Waals surface area contributed by atoms with Crippen LogP contribution in [0.3, 0.4) is 0 Å². The summed E-state index contributed by atoms with van der Waals surface area (Å²) in [4.78, 5) is 16.8. The van der Waals surface area contributed by atoms with Gasteiger partial charge in [-0.05, 0) is 41.0 Å². The number of hydrogen-bond acceptors (Lipinski definition) is 5. The van der Waals surface area contributed by atoms with Crippen LogP contribution in [0.5, 0.6) is 5.75 Å². The van der Waals surface area contributed by atoms with Gasteiger partial charge in [0, 0.05) is 26.2 Å². The number of nitrogens with zero attached hydrogens (tertiary/aromatic N) is 3. The highest BCUT2D eigenvalue weighted by atomic mass is 16.5. The van der Waals surface area contributed by atoms with Crippen LogP contribution in [-0.2, 0) is 6.61 Å². The molecule has 0 radical (unpaired) electrons. The number of amides is 1. The summed E-state index contributed by atoms with van der Waals surface area (Å²) >= 11 is 0. The molecular weight excluding hydrogens is 390 g/mol. The van der Waals surface area contributed by atoms with Gasteiger partial charge >= 0.3 is 0 Å². The molecule has 0 saturated carbocycles. The molecule has 0 spiro atoms. The van der Waals surface area contributed by atoms with Crippen molar-refractivity contribution >= 4 is 16.7 Å². The van der Waals surface area contributed by atoms with Gasteiger partial charge in [-0.25, -0.2) is 0 Å². The van der Waals surface area contributed by atoms with Crippen molar-refractivity contribution in [1.29, 1.82) is 5.26 Å². The van der Waals surface area contributed by atoms with Gasteiger partial charge in [-0.15, -0.1) is 0 Å². The summed E-state index contributed by atoms with van der Waals surface area (Å²) in [5, 5.41) is 11.7. The van der Waals surface area contributed by atoms with E-state index in [0.717, 1.165) is 16.5 Å². The van der Waals surface area contributed by atoms with E-state index in [1.165, 1.54) is 0 Å².